The van der Waals surface area contributed by atoms with Gasteiger partial charge in [0.05, 0.1) is 0 Å². The highest BCUT2D eigenvalue weighted by molar-refractivity contribution is 5.71. The molecular weight excluding hydrogens is 913 g/mol. The zero-order chi connectivity index (χ0) is 53.6. The highest BCUT2D eigenvalue weighted by Gasteiger charge is 2.19. The average Bonchev–Trinajstić information content (AvgIpc) is 3.40. The molecule has 0 aliphatic carbocycles. The van der Waals surface area contributed by atoms with E-state index in [0.29, 0.717) is 19.3 Å². The Morgan fingerprint density at radius 2 is 0.554 bits per heavy atom. The second kappa shape index (κ2) is 62.1. The number of carbonyl (C=O) groups is 3. The second-order valence-electron chi connectivity index (χ2n) is 20.9. The second-order valence-corrected chi connectivity index (χ2v) is 20.9. The van der Waals surface area contributed by atoms with Crippen LogP contribution in [0.4, 0.5) is 0 Å². The van der Waals surface area contributed by atoms with Gasteiger partial charge in [0.2, 0.25) is 0 Å². The van der Waals surface area contributed by atoms with Gasteiger partial charge in [-0.25, -0.2) is 0 Å². The Balaban J connectivity index is 4.34. The van der Waals surface area contributed by atoms with Crippen LogP contribution in [0.25, 0.3) is 0 Å². The van der Waals surface area contributed by atoms with Crippen LogP contribution in [0.3, 0.4) is 0 Å². The Morgan fingerprint density at radius 3 is 0.905 bits per heavy atom. The summed E-state index contributed by atoms with van der Waals surface area (Å²) in [6.07, 6.45) is 81.9. The molecule has 1 unspecified atom stereocenters. The number of ether oxygens (including phenoxy) is 3. The molecule has 0 spiro atoms. The molecule has 0 aliphatic rings. The van der Waals surface area contributed by atoms with Crippen molar-refractivity contribution in [1.82, 2.24) is 0 Å². The monoisotopic (exact) mass is 1030 g/mol. The molecule has 0 aromatic rings. The molecule has 0 N–H and O–H groups in total. The lowest BCUT2D eigenvalue weighted by Crippen LogP contribution is -2.30. The largest absolute Gasteiger partial charge is 0.462 e. The van der Waals surface area contributed by atoms with Crippen molar-refractivity contribution in [3.05, 3.63) is 85.1 Å². The number of esters is 3. The fourth-order valence-corrected chi connectivity index (χ4v) is 8.94. The molecule has 6 heteroatoms. The highest BCUT2D eigenvalue weighted by atomic mass is 16.6. The van der Waals surface area contributed by atoms with Gasteiger partial charge >= 0.3 is 17.9 Å². The maximum Gasteiger partial charge on any atom is 0.306 e. The van der Waals surface area contributed by atoms with Crippen LogP contribution < -0.4 is 0 Å². The van der Waals surface area contributed by atoms with Gasteiger partial charge in [-0.1, -0.05) is 292 Å². The topological polar surface area (TPSA) is 78.9 Å². The van der Waals surface area contributed by atoms with Crippen molar-refractivity contribution in [2.75, 3.05) is 13.2 Å². The quantitative estimate of drug-likeness (QED) is 0.0261. The minimum Gasteiger partial charge on any atom is -0.462 e. The first-order valence-electron chi connectivity index (χ1n) is 31.6. The lowest BCUT2D eigenvalue weighted by atomic mass is 10.0. The van der Waals surface area contributed by atoms with Crippen LogP contribution in [0.15, 0.2) is 85.1 Å². The molecule has 0 rings (SSSR count). The van der Waals surface area contributed by atoms with Crippen LogP contribution in [0, 0.1) is 0 Å². The predicted octanol–water partition coefficient (Wildman–Crippen LogP) is 21.5. The molecule has 1 atom stereocenters. The number of hydrogen-bond acceptors (Lipinski definition) is 6. The summed E-state index contributed by atoms with van der Waals surface area (Å²) in [5.74, 6) is -0.991. The smallest absolute Gasteiger partial charge is 0.306 e. The first-order valence-corrected chi connectivity index (χ1v) is 31.6. The summed E-state index contributed by atoms with van der Waals surface area (Å²) in [4.78, 5) is 38.2. The summed E-state index contributed by atoms with van der Waals surface area (Å²) >= 11 is 0. The Labute approximate surface area is 458 Å². The normalized spacial score (nSPS) is 12.6. The van der Waals surface area contributed by atoms with Crippen LogP contribution in [0.5, 0.6) is 0 Å². The van der Waals surface area contributed by atoms with E-state index in [4.69, 9.17) is 14.2 Å². The van der Waals surface area contributed by atoms with E-state index < -0.39 is 12.1 Å². The summed E-state index contributed by atoms with van der Waals surface area (Å²) in [5.41, 5.74) is 0. The maximum absolute atomic E-state index is 12.8. The maximum atomic E-state index is 12.8. The minimum atomic E-state index is -0.820. The van der Waals surface area contributed by atoms with Crippen LogP contribution in [-0.2, 0) is 28.6 Å². The number of unbranched alkanes of at least 4 members (excludes halogenated alkanes) is 32. The summed E-state index contributed by atoms with van der Waals surface area (Å²) in [6.45, 7) is 6.47. The third-order valence-electron chi connectivity index (χ3n) is 13.6. The Morgan fingerprint density at radius 1 is 0.284 bits per heavy atom. The molecular formula is C68H118O6. The third kappa shape index (κ3) is 59.5. The summed E-state index contributed by atoms with van der Waals surface area (Å²) in [5, 5.41) is 0. The number of allylic oxidation sites excluding steroid dienone is 14. The lowest BCUT2D eigenvalue weighted by Gasteiger charge is -2.18. The van der Waals surface area contributed by atoms with E-state index in [9.17, 15) is 14.4 Å². The zero-order valence-electron chi connectivity index (χ0n) is 48.8. The van der Waals surface area contributed by atoms with Gasteiger partial charge in [-0.05, 0) is 83.5 Å². The number of rotatable bonds is 57. The van der Waals surface area contributed by atoms with Crippen LogP contribution >= 0.6 is 0 Å². The molecule has 0 bridgehead atoms. The predicted molar refractivity (Wildman–Crippen MR) is 321 cm³/mol. The first kappa shape index (κ1) is 70.6. The molecule has 74 heavy (non-hydrogen) atoms. The van der Waals surface area contributed by atoms with Gasteiger partial charge in [0.15, 0.2) is 6.10 Å². The van der Waals surface area contributed by atoms with E-state index >= 15 is 0 Å². The zero-order valence-corrected chi connectivity index (χ0v) is 48.8. The van der Waals surface area contributed by atoms with Crippen molar-refractivity contribution in [3.8, 4) is 0 Å². The summed E-state index contributed by atoms with van der Waals surface area (Å²) < 4.78 is 16.8. The average molecular weight is 1030 g/mol. The molecule has 426 valence electrons. The lowest BCUT2D eigenvalue weighted by molar-refractivity contribution is -0.166. The van der Waals surface area contributed by atoms with Crippen molar-refractivity contribution in [2.24, 2.45) is 0 Å². The molecule has 0 aliphatic heterocycles. The highest BCUT2D eigenvalue weighted by Crippen LogP contribution is 2.17. The summed E-state index contributed by atoms with van der Waals surface area (Å²) in [7, 11) is 0. The van der Waals surface area contributed by atoms with E-state index in [-0.39, 0.29) is 31.6 Å². The van der Waals surface area contributed by atoms with Gasteiger partial charge in [-0.2, -0.15) is 0 Å². The minimum absolute atomic E-state index is 0.107. The molecule has 0 saturated heterocycles. The number of carbonyl (C=O) groups excluding carboxylic acids is 3. The molecule has 0 aromatic heterocycles. The Bertz CT molecular complexity index is 1420. The van der Waals surface area contributed by atoms with Gasteiger partial charge in [-0.3, -0.25) is 14.4 Å². The van der Waals surface area contributed by atoms with E-state index in [1.807, 2.05) is 6.08 Å². The van der Waals surface area contributed by atoms with Gasteiger partial charge in [0, 0.05) is 19.3 Å². The van der Waals surface area contributed by atoms with Gasteiger partial charge in [0.1, 0.15) is 13.2 Å². The fourth-order valence-electron chi connectivity index (χ4n) is 8.94. The van der Waals surface area contributed by atoms with Crippen molar-refractivity contribution in [1.29, 1.82) is 0 Å². The molecule has 0 radical (unpaired) electrons. The van der Waals surface area contributed by atoms with Crippen molar-refractivity contribution in [3.63, 3.8) is 0 Å². The van der Waals surface area contributed by atoms with E-state index in [0.717, 1.165) is 89.9 Å². The molecule has 0 amide bonds. The standard InChI is InChI=1S/C68H118O6/c1-4-7-10-13-16-19-22-25-27-29-31-32-33-34-35-36-38-39-41-43-46-49-52-55-58-61-67(70)73-64-65(63-72-66(69)60-57-54-51-48-45-24-21-18-15-12-9-6-3)74-68(71)62-59-56-53-50-47-44-42-40-37-30-28-26-23-20-17-14-11-8-5-2/h8,11,17-18,20-21,26,28,37,40,44,47,53,56,65H,4-7,9-10,12-16,19,22-25,27,29-36,38-39,41-43,45-46,48-52,54-55,57-64H2,1-3H3/b11-8-,20-17-,21-18-,28-26-,40-37-,47-44-,56-53-. The van der Waals surface area contributed by atoms with Gasteiger partial charge in [-0.15, -0.1) is 0 Å². The molecule has 0 fully saturated rings. The SMILES string of the molecule is CC/C=C\C/C=C\C/C=C\C/C=C\C/C=C\C/C=C\CCC(=O)OC(COC(=O)CCCCCCC/C=C\CCCCC)COC(=O)CCCCCCCCCCCCCCCCCCCCCCCCCCC. The third-order valence-corrected chi connectivity index (χ3v) is 13.6. The van der Waals surface area contributed by atoms with Gasteiger partial charge < -0.3 is 14.2 Å². The van der Waals surface area contributed by atoms with Gasteiger partial charge in [0.25, 0.3) is 0 Å². The van der Waals surface area contributed by atoms with Crippen molar-refractivity contribution >= 4 is 17.9 Å². The molecule has 6 nitrogen and oxygen atoms in total. The van der Waals surface area contributed by atoms with Crippen LogP contribution in [0.2, 0.25) is 0 Å². The van der Waals surface area contributed by atoms with E-state index in [1.165, 1.54) is 173 Å². The van der Waals surface area contributed by atoms with Crippen LogP contribution in [0.1, 0.15) is 310 Å². The Kier molecular flexibility index (Phi) is 59.3. The van der Waals surface area contributed by atoms with Crippen molar-refractivity contribution in [2.45, 2.75) is 316 Å². The molecule has 0 saturated carbocycles. The van der Waals surface area contributed by atoms with E-state index in [1.54, 1.807) is 0 Å². The summed E-state index contributed by atoms with van der Waals surface area (Å²) in [6, 6.07) is 0. The fraction of sp³-hybridized carbons (Fsp3) is 0.750. The van der Waals surface area contributed by atoms with Crippen molar-refractivity contribution < 1.29 is 28.6 Å². The number of hydrogen-bond donors (Lipinski definition) is 0. The Hall–Kier alpha value is -3.41. The first-order chi connectivity index (χ1) is 36.5. The molecule has 0 heterocycles. The van der Waals surface area contributed by atoms with Crippen LogP contribution in [-0.4, -0.2) is 37.2 Å². The molecule has 0 aromatic carbocycles. The van der Waals surface area contributed by atoms with E-state index in [2.05, 4.69) is 99.8 Å².